The molecule has 1 aromatic carbocycles. The Morgan fingerprint density at radius 2 is 2.00 bits per heavy atom. The highest BCUT2D eigenvalue weighted by molar-refractivity contribution is 5.30. The fourth-order valence-corrected chi connectivity index (χ4v) is 1.02. The minimum atomic E-state index is -4.42. The van der Waals surface area contributed by atoms with Crippen molar-refractivity contribution in [2.24, 2.45) is 5.73 Å². The molecule has 0 spiro atoms. The van der Waals surface area contributed by atoms with E-state index in [2.05, 4.69) is 0 Å². The van der Waals surface area contributed by atoms with Crippen LogP contribution >= 0.6 is 0 Å². The van der Waals surface area contributed by atoms with Crippen LogP contribution in [0.15, 0.2) is 24.3 Å². The van der Waals surface area contributed by atoms with E-state index in [1.165, 1.54) is 25.3 Å². The number of rotatable bonds is 2. The molecule has 14 heavy (non-hydrogen) atoms. The van der Waals surface area contributed by atoms with E-state index in [4.69, 9.17) is 10.5 Å². The first-order chi connectivity index (χ1) is 6.45. The highest BCUT2D eigenvalue weighted by Gasteiger charge is 2.37. The van der Waals surface area contributed by atoms with Crippen molar-refractivity contribution in [3.63, 3.8) is 0 Å². The van der Waals surface area contributed by atoms with Crippen molar-refractivity contribution in [2.75, 3.05) is 7.11 Å². The van der Waals surface area contributed by atoms with Crippen LogP contribution in [0.2, 0.25) is 0 Å². The number of ether oxygens (including phenoxy) is 1. The molecule has 0 amide bonds. The molecule has 0 fully saturated rings. The number of nitrogens with two attached hydrogens (primary N) is 1. The minimum absolute atomic E-state index is 0.00292. The molecule has 2 N–H and O–H groups in total. The molecule has 0 aromatic heterocycles. The Kier molecular flexibility index (Phi) is 3.00. The largest absolute Gasteiger partial charge is 0.497 e. The van der Waals surface area contributed by atoms with Gasteiger partial charge in [-0.3, -0.25) is 0 Å². The van der Waals surface area contributed by atoms with Gasteiger partial charge in [0, 0.05) is 0 Å². The van der Waals surface area contributed by atoms with Crippen LogP contribution in [0.25, 0.3) is 0 Å². The van der Waals surface area contributed by atoms with Crippen molar-refractivity contribution in [1.29, 1.82) is 0 Å². The average molecular weight is 205 g/mol. The lowest BCUT2D eigenvalue weighted by atomic mass is 10.1. The molecular formula is C9H10F3NO. The van der Waals surface area contributed by atoms with Crippen molar-refractivity contribution in [3.05, 3.63) is 29.8 Å². The van der Waals surface area contributed by atoms with Crippen molar-refractivity contribution >= 4 is 0 Å². The summed E-state index contributed by atoms with van der Waals surface area (Å²) < 4.78 is 41.4. The molecule has 78 valence electrons. The summed E-state index contributed by atoms with van der Waals surface area (Å²) in [5.41, 5.74) is 5.01. The molecule has 0 saturated carbocycles. The van der Waals surface area contributed by atoms with E-state index in [-0.39, 0.29) is 5.56 Å². The summed E-state index contributed by atoms with van der Waals surface area (Å²) in [6, 6.07) is 3.67. The second-order valence-electron chi connectivity index (χ2n) is 2.80. The first-order valence-corrected chi connectivity index (χ1v) is 3.91. The van der Waals surface area contributed by atoms with E-state index in [0.29, 0.717) is 5.75 Å². The van der Waals surface area contributed by atoms with Crippen molar-refractivity contribution < 1.29 is 17.9 Å². The van der Waals surface area contributed by atoms with Gasteiger partial charge in [-0.25, -0.2) is 0 Å². The number of alkyl halides is 3. The smallest absolute Gasteiger partial charge is 0.407 e. The number of hydrogen-bond acceptors (Lipinski definition) is 2. The van der Waals surface area contributed by atoms with Gasteiger partial charge in [0.1, 0.15) is 11.8 Å². The summed E-state index contributed by atoms with van der Waals surface area (Å²) in [5, 5.41) is 0. The lowest BCUT2D eigenvalue weighted by molar-refractivity contribution is -0.149. The van der Waals surface area contributed by atoms with Crippen molar-refractivity contribution in [3.8, 4) is 5.75 Å². The van der Waals surface area contributed by atoms with Crippen LogP contribution in [0.3, 0.4) is 0 Å². The summed E-state index contributed by atoms with van der Waals surface area (Å²) in [7, 11) is 1.39. The fourth-order valence-electron chi connectivity index (χ4n) is 1.02. The van der Waals surface area contributed by atoms with Crippen LogP contribution in [0.5, 0.6) is 5.75 Å². The highest BCUT2D eigenvalue weighted by Crippen LogP contribution is 2.31. The Balaban J connectivity index is 2.95. The van der Waals surface area contributed by atoms with Gasteiger partial charge in [0.25, 0.3) is 0 Å². The molecule has 1 rings (SSSR count). The zero-order valence-corrected chi connectivity index (χ0v) is 7.51. The number of halogens is 3. The Morgan fingerprint density at radius 1 is 1.36 bits per heavy atom. The molecule has 0 unspecified atom stereocenters. The van der Waals surface area contributed by atoms with E-state index in [1.54, 1.807) is 6.07 Å². The molecule has 0 bridgehead atoms. The Bertz CT molecular complexity index is 311. The van der Waals surface area contributed by atoms with Crippen LogP contribution in [-0.2, 0) is 0 Å². The van der Waals surface area contributed by atoms with Gasteiger partial charge in [-0.05, 0) is 17.7 Å². The predicted octanol–water partition coefficient (Wildman–Crippen LogP) is 2.26. The number of methoxy groups -OCH3 is 1. The Labute approximate surface area is 79.5 Å². The zero-order chi connectivity index (χ0) is 10.8. The summed E-state index contributed by atoms with van der Waals surface area (Å²) in [5.74, 6) is 0.363. The molecule has 1 aromatic rings. The quantitative estimate of drug-likeness (QED) is 0.803. The molecule has 0 radical (unpaired) electrons. The van der Waals surface area contributed by atoms with E-state index in [0.717, 1.165) is 0 Å². The molecule has 0 aliphatic carbocycles. The number of benzene rings is 1. The minimum Gasteiger partial charge on any atom is -0.497 e. The molecule has 0 aliphatic heterocycles. The SMILES string of the molecule is COc1cccc([C@@H](N)C(F)(F)F)c1. The summed E-state index contributed by atoms with van der Waals surface area (Å²) >= 11 is 0. The topological polar surface area (TPSA) is 35.2 Å². The summed E-state index contributed by atoms with van der Waals surface area (Å²) in [4.78, 5) is 0. The van der Waals surface area contributed by atoms with Crippen molar-refractivity contribution in [2.45, 2.75) is 12.2 Å². The number of hydrogen-bond donors (Lipinski definition) is 1. The predicted molar refractivity (Wildman–Crippen MR) is 46.0 cm³/mol. The van der Waals surface area contributed by atoms with Crippen LogP contribution < -0.4 is 10.5 Å². The monoisotopic (exact) mass is 205 g/mol. The van der Waals surface area contributed by atoms with E-state index < -0.39 is 12.2 Å². The first kappa shape index (κ1) is 10.8. The van der Waals surface area contributed by atoms with Crippen LogP contribution in [0.1, 0.15) is 11.6 Å². The van der Waals surface area contributed by atoms with Crippen LogP contribution in [0.4, 0.5) is 13.2 Å². The van der Waals surface area contributed by atoms with Gasteiger partial charge in [0.05, 0.1) is 7.11 Å². The summed E-state index contributed by atoms with van der Waals surface area (Å²) in [6.45, 7) is 0. The molecule has 5 heteroatoms. The molecule has 2 nitrogen and oxygen atoms in total. The third-order valence-electron chi connectivity index (χ3n) is 1.81. The zero-order valence-electron chi connectivity index (χ0n) is 7.51. The van der Waals surface area contributed by atoms with Crippen molar-refractivity contribution in [1.82, 2.24) is 0 Å². The normalized spacial score (nSPS) is 13.8. The third kappa shape index (κ3) is 2.38. The lowest BCUT2D eigenvalue weighted by Gasteiger charge is -2.16. The van der Waals surface area contributed by atoms with Gasteiger partial charge in [0.2, 0.25) is 0 Å². The second-order valence-corrected chi connectivity index (χ2v) is 2.80. The molecule has 0 aliphatic rings. The first-order valence-electron chi connectivity index (χ1n) is 3.91. The fraction of sp³-hybridized carbons (Fsp3) is 0.333. The van der Waals surface area contributed by atoms with Gasteiger partial charge in [0.15, 0.2) is 0 Å². The van der Waals surface area contributed by atoms with Gasteiger partial charge in [-0.1, -0.05) is 12.1 Å². The Morgan fingerprint density at radius 3 is 2.50 bits per heavy atom. The van der Waals surface area contributed by atoms with E-state index in [9.17, 15) is 13.2 Å². The van der Waals surface area contributed by atoms with Gasteiger partial charge in [-0.2, -0.15) is 13.2 Å². The molecule has 0 saturated heterocycles. The molecule has 1 atom stereocenters. The van der Waals surface area contributed by atoms with Gasteiger partial charge in [-0.15, -0.1) is 0 Å². The third-order valence-corrected chi connectivity index (χ3v) is 1.81. The summed E-state index contributed by atoms with van der Waals surface area (Å²) in [6.07, 6.45) is -4.42. The highest BCUT2D eigenvalue weighted by atomic mass is 19.4. The Hall–Kier alpha value is -1.23. The molecule has 0 heterocycles. The van der Waals surface area contributed by atoms with E-state index in [1.807, 2.05) is 0 Å². The second kappa shape index (κ2) is 3.88. The van der Waals surface area contributed by atoms with Crippen LogP contribution in [0, 0.1) is 0 Å². The lowest BCUT2D eigenvalue weighted by Crippen LogP contribution is -2.28. The maximum absolute atomic E-state index is 12.2. The average Bonchev–Trinajstić information content (AvgIpc) is 2.15. The van der Waals surface area contributed by atoms with Crippen LogP contribution in [-0.4, -0.2) is 13.3 Å². The van der Waals surface area contributed by atoms with E-state index >= 15 is 0 Å². The maximum atomic E-state index is 12.2. The standard InChI is InChI=1S/C9H10F3NO/c1-14-7-4-2-3-6(5-7)8(13)9(10,11)12/h2-5,8H,13H2,1H3/t8-/m1/s1. The van der Waals surface area contributed by atoms with Gasteiger partial charge < -0.3 is 10.5 Å². The maximum Gasteiger partial charge on any atom is 0.407 e. The molecular weight excluding hydrogens is 195 g/mol. The van der Waals surface area contributed by atoms with Gasteiger partial charge >= 0.3 is 6.18 Å².